The lowest BCUT2D eigenvalue weighted by atomic mass is 10.4. The minimum atomic E-state index is -1.35. The molecule has 4 heteroatoms. The first-order valence-corrected chi connectivity index (χ1v) is 10.2. The first-order chi connectivity index (χ1) is 8.05. The smallest absolute Gasteiger partial charge is 0.186 e. The summed E-state index contributed by atoms with van der Waals surface area (Å²) in [7, 11) is -1.35. The molecule has 0 aliphatic heterocycles. The molecule has 1 N–H and O–H groups in total. The van der Waals surface area contributed by atoms with Crippen molar-refractivity contribution >= 4 is 8.32 Å². The van der Waals surface area contributed by atoms with E-state index in [-0.39, 0.29) is 0 Å². The number of rotatable bonds is 11. The lowest BCUT2D eigenvalue weighted by Crippen LogP contribution is -2.34. The number of likely N-dealkylation sites (N-methyl/N-ethyl adjacent to an activating group) is 1. The van der Waals surface area contributed by atoms with E-state index in [9.17, 15) is 0 Å². The van der Waals surface area contributed by atoms with E-state index in [2.05, 4.69) is 44.1 Å². The van der Waals surface area contributed by atoms with E-state index >= 15 is 0 Å². The average molecular weight is 260 g/mol. The van der Waals surface area contributed by atoms with Gasteiger partial charge in [-0.3, -0.25) is 0 Å². The van der Waals surface area contributed by atoms with Gasteiger partial charge in [0.1, 0.15) is 0 Å². The maximum absolute atomic E-state index is 5.81. The van der Waals surface area contributed by atoms with Crippen molar-refractivity contribution in [2.45, 2.75) is 46.3 Å². The molecule has 0 spiro atoms. The van der Waals surface area contributed by atoms with E-state index in [1.807, 2.05) is 0 Å². The third-order valence-corrected chi connectivity index (χ3v) is 5.79. The zero-order valence-corrected chi connectivity index (χ0v) is 13.5. The second kappa shape index (κ2) is 10.1. The largest absolute Gasteiger partial charge is 0.418 e. The summed E-state index contributed by atoms with van der Waals surface area (Å²) < 4.78 is 5.81. The van der Waals surface area contributed by atoms with Gasteiger partial charge in [0.25, 0.3) is 0 Å². The fourth-order valence-electron chi connectivity index (χ4n) is 2.00. The van der Waals surface area contributed by atoms with E-state index in [4.69, 9.17) is 4.43 Å². The maximum Gasteiger partial charge on any atom is 0.186 e. The van der Waals surface area contributed by atoms with Gasteiger partial charge < -0.3 is 14.6 Å². The first-order valence-electron chi connectivity index (χ1n) is 7.12. The summed E-state index contributed by atoms with van der Waals surface area (Å²) >= 11 is 0. The minimum Gasteiger partial charge on any atom is -0.418 e. The van der Waals surface area contributed by atoms with Gasteiger partial charge in [-0.05, 0) is 52.1 Å². The van der Waals surface area contributed by atoms with Crippen LogP contribution in [0.5, 0.6) is 0 Å². The van der Waals surface area contributed by atoms with Gasteiger partial charge in [-0.25, -0.2) is 0 Å². The van der Waals surface area contributed by atoms with Crippen LogP contribution in [0.4, 0.5) is 0 Å². The van der Waals surface area contributed by atoms with Gasteiger partial charge >= 0.3 is 0 Å². The van der Waals surface area contributed by atoms with Gasteiger partial charge in [-0.15, -0.1) is 0 Å². The predicted octanol–water partition coefficient (Wildman–Crippen LogP) is 2.55. The molecule has 0 saturated carbocycles. The molecule has 0 radical (unpaired) electrons. The van der Waals surface area contributed by atoms with Crippen LogP contribution in [0.2, 0.25) is 19.1 Å². The molecule has 0 aliphatic carbocycles. The third-order valence-electron chi connectivity index (χ3n) is 3.17. The molecule has 0 saturated heterocycles. The summed E-state index contributed by atoms with van der Waals surface area (Å²) in [5.74, 6) is 0. The molecule has 0 aromatic rings. The zero-order valence-electron chi connectivity index (χ0n) is 12.5. The molecule has 3 nitrogen and oxygen atoms in total. The summed E-state index contributed by atoms with van der Waals surface area (Å²) in [5, 5.41) is 3.52. The Morgan fingerprint density at radius 3 is 2.24 bits per heavy atom. The molecule has 0 fully saturated rings. The second-order valence-corrected chi connectivity index (χ2v) is 9.38. The van der Waals surface area contributed by atoms with Crippen LogP contribution in [0, 0.1) is 0 Å². The Hall–Kier alpha value is 0.0969. The lowest BCUT2D eigenvalue weighted by Gasteiger charge is -2.22. The molecular weight excluding hydrogens is 228 g/mol. The first kappa shape index (κ1) is 17.1. The molecule has 104 valence electrons. The van der Waals surface area contributed by atoms with E-state index in [1.165, 1.54) is 19.0 Å². The van der Waals surface area contributed by atoms with Crippen LogP contribution in [0.25, 0.3) is 0 Å². The number of hydrogen-bond donors (Lipinski definition) is 1. The van der Waals surface area contributed by atoms with Crippen molar-refractivity contribution in [2.24, 2.45) is 0 Å². The summed E-state index contributed by atoms with van der Waals surface area (Å²) in [4.78, 5) is 2.45. The van der Waals surface area contributed by atoms with E-state index in [0.717, 1.165) is 32.8 Å². The molecule has 0 aromatic carbocycles. The van der Waals surface area contributed by atoms with E-state index < -0.39 is 8.32 Å². The molecule has 0 atom stereocenters. The van der Waals surface area contributed by atoms with E-state index in [1.54, 1.807) is 0 Å². The van der Waals surface area contributed by atoms with Crippen molar-refractivity contribution in [3.05, 3.63) is 0 Å². The van der Waals surface area contributed by atoms with Gasteiger partial charge in [0, 0.05) is 19.7 Å². The van der Waals surface area contributed by atoms with Crippen LogP contribution in [-0.4, -0.2) is 52.5 Å². The molecule has 0 bridgehead atoms. The molecular formula is C13H32N2OSi. The highest BCUT2D eigenvalue weighted by molar-refractivity contribution is 6.71. The molecule has 0 aliphatic rings. The van der Waals surface area contributed by atoms with Crippen LogP contribution >= 0.6 is 0 Å². The van der Waals surface area contributed by atoms with Crippen LogP contribution < -0.4 is 5.32 Å². The molecule has 0 amide bonds. The Morgan fingerprint density at radius 2 is 1.71 bits per heavy atom. The lowest BCUT2D eigenvalue weighted by molar-refractivity contribution is 0.302. The van der Waals surface area contributed by atoms with Crippen molar-refractivity contribution < 1.29 is 4.43 Å². The van der Waals surface area contributed by atoms with Gasteiger partial charge in [-0.1, -0.05) is 13.8 Å². The average Bonchev–Trinajstić information content (AvgIpc) is 2.28. The SMILES string of the molecule is CCO[Si](C)(C)CCCNCCN(CC)CC. The Balaban J connectivity index is 3.40. The summed E-state index contributed by atoms with van der Waals surface area (Å²) in [6, 6.07) is 1.26. The van der Waals surface area contributed by atoms with Crippen LogP contribution in [0.1, 0.15) is 27.2 Å². The summed E-state index contributed by atoms with van der Waals surface area (Å²) in [6.45, 7) is 17.7. The minimum absolute atomic E-state index is 0.870. The highest BCUT2D eigenvalue weighted by atomic mass is 28.4. The van der Waals surface area contributed by atoms with Crippen molar-refractivity contribution in [1.29, 1.82) is 0 Å². The zero-order chi connectivity index (χ0) is 13.1. The highest BCUT2D eigenvalue weighted by Gasteiger charge is 2.20. The number of nitrogens with zero attached hydrogens (tertiary/aromatic N) is 1. The Morgan fingerprint density at radius 1 is 1.06 bits per heavy atom. The molecule has 0 heterocycles. The third kappa shape index (κ3) is 9.77. The van der Waals surface area contributed by atoms with Crippen molar-refractivity contribution in [3.63, 3.8) is 0 Å². The Kier molecular flexibility index (Phi) is 10.1. The van der Waals surface area contributed by atoms with E-state index in [0.29, 0.717) is 0 Å². The molecule has 17 heavy (non-hydrogen) atoms. The Labute approximate surface area is 109 Å². The fraction of sp³-hybridized carbons (Fsp3) is 1.00. The molecule has 0 rings (SSSR count). The van der Waals surface area contributed by atoms with Gasteiger partial charge in [0.2, 0.25) is 0 Å². The van der Waals surface area contributed by atoms with Gasteiger partial charge in [-0.2, -0.15) is 0 Å². The predicted molar refractivity (Wildman–Crippen MR) is 79.2 cm³/mol. The van der Waals surface area contributed by atoms with Crippen molar-refractivity contribution in [1.82, 2.24) is 10.2 Å². The van der Waals surface area contributed by atoms with Gasteiger partial charge in [0.05, 0.1) is 0 Å². The topological polar surface area (TPSA) is 24.5 Å². The summed E-state index contributed by atoms with van der Waals surface area (Å²) in [5.41, 5.74) is 0. The summed E-state index contributed by atoms with van der Waals surface area (Å²) in [6.07, 6.45) is 1.25. The van der Waals surface area contributed by atoms with Gasteiger partial charge in [0.15, 0.2) is 8.32 Å². The maximum atomic E-state index is 5.81. The number of hydrogen-bond acceptors (Lipinski definition) is 3. The fourth-order valence-corrected chi connectivity index (χ4v) is 3.96. The van der Waals surface area contributed by atoms with Crippen LogP contribution in [0.3, 0.4) is 0 Å². The Bertz CT molecular complexity index is 173. The van der Waals surface area contributed by atoms with Crippen molar-refractivity contribution in [2.75, 3.05) is 39.3 Å². The molecule has 0 unspecified atom stereocenters. The molecule has 0 aromatic heterocycles. The van der Waals surface area contributed by atoms with Crippen LogP contribution in [0.15, 0.2) is 0 Å². The monoisotopic (exact) mass is 260 g/mol. The van der Waals surface area contributed by atoms with Crippen molar-refractivity contribution in [3.8, 4) is 0 Å². The number of nitrogens with one attached hydrogen (secondary N) is 1. The quantitative estimate of drug-likeness (QED) is 0.456. The highest BCUT2D eigenvalue weighted by Crippen LogP contribution is 2.12. The normalized spacial score (nSPS) is 12.4. The standard InChI is InChI=1S/C13H32N2OSi/c1-6-15(7-2)12-11-14-10-9-13-17(4,5)16-8-3/h14H,6-13H2,1-5H3. The van der Waals surface area contributed by atoms with Crippen LogP contribution in [-0.2, 0) is 4.43 Å². The second-order valence-electron chi connectivity index (χ2n) is 5.07.